The summed E-state index contributed by atoms with van der Waals surface area (Å²) in [5, 5.41) is 0. The Hall–Kier alpha value is 0.200. The van der Waals surface area contributed by atoms with E-state index in [0.29, 0.717) is 4.38 Å². The van der Waals surface area contributed by atoms with Gasteiger partial charge >= 0.3 is 0 Å². The Morgan fingerprint density at radius 3 is 2.41 bits per heavy atom. The molecule has 0 radical (unpaired) electrons. The summed E-state index contributed by atoms with van der Waals surface area (Å²) in [5.41, 5.74) is 0.0902. The molecule has 0 rings (SSSR count). The van der Waals surface area contributed by atoms with E-state index in [2.05, 4.69) is 20.8 Å². The zero-order valence-corrected chi connectivity index (χ0v) is 13.2. The molecule has 0 amide bonds. The third-order valence-electron chi connectivity index (χ3n) is 2.37. The third kappa shape index (κ3) is 11.0. The van der Waals surface area contributed by atoms with Crippen LogP contribution in [0.5, 0.6) is 0 Å². The SMILES string of the molecule is CCCCOC(C)SC(=S)OC(C)CCCC. The van der Waals surface area contributed by atoms with Crippen molar-refractivity contribution in [1.82, 2.24) is 0 Å². The minimum absolute atomic E-state index is 0.0902. The van der Waals surface area contributed by atoms with Gasteiger partial charge in [-0.2, -0.15) is 0 Å². The molecule has 0 aliphatic rings. The van der Waals surface area contributed by atoms with Crippen LogP contribution >= 0.6 is 24.0 Å². The monoisotopic (exact) mass is 278 g/mol. The lowest BCUT2D eigenvalue weighted by molar-refractivity contribution is 0.121. The van der Waals surface area contributed by atoms with Gasteiger partial charge in [0.15, 0.2) is 0 Å². The third-order valence-corrected chi connectivity index (χ3v) is 3.52. The van der Waals surface area contributed by atoms with Crippen LogP contribution in [0.1, 0.15) is 59.8 Å². The Morgan fingerprint density at radius 1 is 1.18 bits per heavy atom. The fraction of sp³-hybridized carbons (Fsp3) is 0.923. The molecule has 2 unspecified atom stereocenters. The average Bonchev–Trinajstić information content (AvgIpc) is 2.26. The van der Waals surface area contributed by atoms with Crippen LogP contribution in [0.3, 0.4) is 0 Å². The molecule has 17 heavy (non-hydrogen) atoms. The average molecular weight is 278 g/mol. The maximum atomic E-state index is 5.64. The highest BCUT2D eigenvalue weighted by molar-refractivity contribution is 8.22. The number of rotatable bonds is 9. The van der Waals surface area contributed by atoms with Gasteiger partial charge in [-0.05, 0) is 50.7 Å². The van der Waals surface area contributed by atoms with E-state index in [1.54, 1.807) is 0 Å². The quantitative estimate of drug-likeness (QED) is 0.343. The minimum atomic E-state index is 0.0902. The molecule has 0 heterocycles. The zero-order valence-electron chi connectivity index (χ0n) is 11.5. The molecule has 102 valence electrons. The predicted octanol–water partition coefficient (Wildman–Crippen LogP) is 4.76. The van der Waals surface area contributed by atoms with Gasteiger partial charge in [-0.15, -0.1) is 0 Å². The molecule has 0 bridgehead atoms. The van der Waals surface area contributed by atoms with Crippen LogP contribution in [0, 0.1) is 0 Å². The summed E-state index contributed by atoms with van der Waals surface area (Å²) in [4.78, 5) is 0. The van der Waals surface area contributed by atoms with Gasteiger partial charge in [0.05, 0.1) is 6.10 Å². The zero-order chi connectivity index (χ0) is 13.1. The van der Waals surface area contributed by atoms with E-state index in [1.165, 1.54) is 24.6 Å². The van der Waals surface area contributed by atoms with Gasteiger partial charge in [-0.3, -0.25) is 0 Å². The number of thioether (sulfide) groups is 1. The highest BCUT2D eigenvalue weighted by atomic mass is 32.2. The van der Waals surface area contributed by atoms with E-state index in [1.807, 2.05) is 6.92 Å². The number of ether oxygens (including phenoxy) is 2. The maximum absolute atomic E-state index is 5.64. The predicted molar refractivity (Wildman–Crippen MR) is 80.6 cm³/mol. The van der Waals surface area contributed by atoms with Gasteiger partial charge < -0.3 is 9.47 Å². The molecule has 4 heteroatoms. The molecular weight excluding hydrogens is 252 g/mol. The van der Waals surface area contributed by atoms with Crippen LogP contribution < -0.4 is 0 Å². The normalized spacial score (nSPS) is 14.4. The fourth-order valence-corrected chi connectivity index (χ4v) is 2.53. The van der Waals surface area contributed by atoms with Crippen molar-refractivity contribution < 1.29 is 9.47 Å². The Balaban J connectivity index is 3.62. The number of hydrogen-bond donors (Lipinski definition) is 0. The smallest absolute Gasteiger partial charge is 0.222 e. The first-order valence-corrected chi connectivity index (χ1v) is 7.87. The van der Waals surface area contributed by atoms with Crippen molar-refractivity contribution in [2.45, 2.75) is 71.3 Å². The van der Waals surface area contributed by atoms with Crippen molar-refractivity contribution in [2.75, 3.05) is 6.61 Å². The van der Waals surface area contributed by atoms with E-state index < -0.39 is 0 Å². The van der Waals surface area contributed by atoms with Crippen molar-refractivity contribution in [3.63, 3.8) is 0 Å². The lowest BCUT2D eigenvalue weighted by Gasteiger charge is -2.17. The first-order chi connectivity index (χ1) is 8.10. The van der Waals surface area contributed by atoms with Crippen LogP contribution in [-0.4, -0.2) is 22.5 Å². The summed E-state index contributed by atoms with van der Waals surface area (Å²) >= 11 is 6.70. The lowest BCUT2D eigenvalue weighted by Crippen LogP contribution is -2.14. The van der Waals surface area contributed by atoms with E-state index in [4.69, 9.17) is 21.7 Å². The van der Waals surface area contributed by atoms with Crippen molar-refractivity contribution in [2.24, 2.45) is 0 Å². The summed E-state index contributed by atoms with van der Waals surface area (Å²) in [5.74, 6) is 0. The van der Waals surface area contributed by atoms with Crippen molar-refractivity contribution in [3.8, 4) is 0 Å². The molecule has 0 fully saturated rings. The highest BCUT2D eigenvalue weighted by Gasteiger charge is 2.11. The Labute approximate surface area is 116 Å². The molecule has 0 aromatic rings. The molecule has 0 aliphatic carbocycles. The van der Waals surface area contributed by atoms with Crippen molar-refractivity contribution >= 4 is 28.4 Å². The second-order valence-electron chi connectivity index (χ2n) is 4.23. The minimum Gasteiger partial charge on any atom is -0.476 e. The van der Waals surface area contributed by atoms with Crippen LogP contribution in [0.15, 0.2) is 0 Å². The second-order valence-corrected chi connectivity index (χ2v) is 6.13. The van der Waals surface area contributed by atoms with Crippen LogP contribution in [0.4, 0.5) is 0 Å². The summed E-state index contributed by atoms with van der Waals surface area (Å²) < 4.78 is 11.9. The molecule has 0 saturated carbocycles. The number of thiocarbonyl (C=S) groups is 1. The Morgan fingerprint density at radius 2 is 1.82 bits per heavy atom. The molecule has 0 saturated heterocycles. The first kappa shape index (κ1) is 17.2. The number of hydrogen-bond acceptors (Lipinski definition) is 4. The van der Waals surface area contributed by atoms with Gasteiger partial charge in [0.1, 0.15) is 5.44 Å². The van der Waals surface area contributed by atoms with Gasteiger partial charge in [-0.1, -0.05) is 33.1 Å². The summed E-state index contributed by atoms with van der Waals surface area (Å²) in [6, 6.07) is 0. The molecular formula is C13H26O2S2. The van der Waals surface area contributed by atoms with Crippen molar-refractivity contribution in [1.29, 1.82) is 0 Å². The molecule has 0 aliphatic heterocycles. The molecule has 0 aromatic heterocycles. The largest absolute Gasteiger partial charge is 0.476 e. The van der Waals surface area contributed by atoms with Gasteiger partial charge in [0.25, 0.3) is 0 Å². The number of unbranched alkanes of at least 4 members (excludes halogenated alkanes) is 2. The van der Waals surface area contributed by atoms with Crippen LogP contribution in [0.2, 0.25) is 0 Å². The standard InChI is InChI=1S/C13H26O2S2/c1-5-7-9-11(3)15-13(16)17-12(4)14-10-8-6-2/h11-12H,5-10H2,1-4H3. The van der Waals surface area contributed by atoms with Gasteiger partial charge in [-0.25, -0.2) is 0 Å². The Kier molecular flexibility index (Phi) is 11.4. The highest BCUT2D eigenvalue weighted by Crippen LogP contribution is 2.18. The van der Waals surface area contributed by atoms with Crippen LogP contribution in [-0.2, 0) is 9.47 Å². The molecule has 2 nitrogen and oxygen atoms in total. The second kappa shape index (κ2) is 11.3. The summed E-state index contributed by atoms with van der Waals surface area (Å²) in [6.07, 6.45) is 5.94. The maximum Gasteiger partial charge on any atom is 0.222 e. The Bertz CT molecular complexity index is 198. The van der Waals surface area contributed by atoms with Crippen molar-refractivity contribution in [3.05, 3.63) is 0 Å². The summed E-state index contributed by atoms with van der Waals surface area (Å²) in [6.45, 7) is 9.24. The fourth-order valence-electron chi connectivity index (χ4n) is 1.31. The molecule has 0 N–H and O–H groups in total. The van der Waals surface area contributed by atoms with E-state index in [-0.39, 0.29) is 11.5 Å². The first-order valence-electron chi connectivity index (χ1n) is 6.59. The van der Waals surface area contributed by atoms with E-state index >= 15 is 0 Å². The molecule has 0 aromatic carbocycles. The lowest BCUT2D eigenvalue weighted by atomic mass is 10.2. The van der Waals surface area contributed by atoms with E-state index in [0.717, 1.165) is 25.9 Å². The molecule has 2 atom stereocenters. The van der Waals surface area contributed by atoms with Gasteiger partial charge in [0.2, 0.25) is 4.38 Å². The molecule has 0 spiro atoms. The topological polar surface area (TPSA) is 18.5 Å². The van der Waals surface area contributed by atoms with Crippen LogP contribution in [0.25, 0.3) is 0 Å². The summed E-state index contributed by atoms with van der Waals surface area (Å²) in [7, 11) is 0. The van der Waals surface area contributed by atoms with E-state index in [9.17, 15) is 0 Å². The van der Waals surface area contributed by atoms with Gasteiger partial charge in [0, 0.05) is 6.61 Å².